The fourth-order valence-electron chi connectivity index (χ4n) is 1.32. The highest BCUT2D eigenvalue weighted by Crippen LogP contribution is 2.37. The first kappa shape index (κ1) is 13.9. The SMILES string of the molecule is COCCCC(C)(C)C(C)(C)OBO. The highest BCUT2D eigenvalue weighted by atomic mass is 16.5. The number of rotatable bonds is 7. The Balaban J connectivity index is 4.13. The molecule has 0 heterocycles. The Morgan fingerprint density at radius 1 is 1.21 bits per heavy atom. The standard InChI is InChI=1S/C10H23BO3/c1-9(2,7-6-8-13-5)10(3,4)14-11-12/h11-12H,6-8H2,1-5H3. The molecule has 0 saturated heterocycles. The normalized spacial score (nSPS) is 13.0. The van der Waals surface area contributed by atoms with Gasteiger partial charge in [-0.1, -0.05) is 13.8 Å². The van der Waals surface area contributed by atoms with Gasteiger partial charge in [-0.25, -0.2) is 0 Å². The quantitative estimate of drug-likeness (QED) is 0.502. The molecule has 0 spiro atoms. The molecule has 84 valence electrons. The van der Waals surface area contributed by atoms with Crippen molar-refractivity contribution >= 4 is 7.69 Å². The molecule has 0 aromatic heterocycles. The minimum absolute atomic E-state index is 0.0360. The summed E-state index contributed by atoms with van der Waals surface area (Å²) in [5.41, 5.74) is -0.274. The van der Waals surface area contributed by atoms with Gasteiger partial charge < -0.3 is 14.4 Å². The summed E-state index contributed by atoms with van der Waals surface area (Å²) in [6.45, 7) is 9.10. The van der Waals surface area contributed by atoms with Crippen molar-refractivity contribution in [3.05, 3.63) is 0 Å². The van der Waals surface area contributed by atoms with Crippen molar-refractivity contribution in [3.8, 4) is 0 Å². The molecule has 0 amide bonds. The van der Waals surface area contributed by atoms with Crippen LogP contribution in [0.2, 0.25) is 0 Å². The minimum Gasteiger partial charge on any atom is -0.430 e. The molecule has 0 aliphatic carbocycles. The number of ether oxygens (including phenoxy) is 1. The first-order valence-electron chi connectivity index (χ1n) is 5.11. The Kier molecular flexibility index (Phi) is 5.71. The molecular weight excluding hydrogens is 179 g/mol. The van der Waals surface area contributed by atoms with E-state index < -0.39 is 0 Å². The van der Waals surface area contributed by atoms with Gasteiger partial charge in [0, 0.05) is 13.7 Å². The number of hydrogen-bond acceptors (Lipinski definition) is 3. The predicted octanol–water partition coefficient (Wildman–Crippen LogP) is 1.49. The summed E-state index contributed by atoms with van der Waals surface area (Å²) < 4.78 is 10.4. The molecule has 0 radical (unpaired) electrons. The Morgan fingerprint density at radius 2 is 1.79 bits per heavy atom. The molecule has 0 saturated carbocycles. The fraction of sp³-hybridized carbons (Fsp3) is 1.00. The van der Waals surface area contributed by atoms with Gasteiger partial charge in [-0.15, -0.1) is 0 Å². The van der Waals surface area contributed by atoms with E-state index in [1.54, 1.807) is 7.11 Å². The molecule has 0 aromatic rings. The Bertz CT molecular complexity index is 157. The summed E-state index contributed by atoms with van der Waals surface area (Å²) in [5.74, 6) is 0. The zero-order chi connectivity index (χ0) is 11.2. The molecule has 14 heavy (non-hydrogen) atoms. The lowest BCUT2D eigenvalue weighted by Gasteiger charge is -2.41. The molecule has 0 aliphatic heterocycles. The third kappa shape index (κ3) is 3.99. The van der Waals surface area contributed by atoms with Crippen molar-refractivity contribution in [3.63, 3.8) is 0 Å². The van der Waals surface area contributed by atoms with Crippen LogP contribution in [0.1, 0.15) is 40.5 Å². The van der Waals surface area contributed by atoms with E-state index in [0.29, 0.717) is 0 Å². The van der Waals surface area contributed by atoms with Gasteiger partial charge >= 0.3 is 7.69 Å². The van der Waals surface area contributed by atoms with Crippen molar-refractivity contribution in [1.82, 2.24) is 0 Å². The first-order valence-corrected chi connectivity index (χ1v) is 5.11. The van der Waals surface area contributed by atoms with E-state index in [-0.39, 0.29) is 18.7 Å². The molecule has 1 N–H and O–H groups in total. The molecule has 0 atom stereocenters. The largest absolute Gasteiger partial charge is 0.435 e. The van der Waals surface area contributed by atoms with Crippen molar-refractivity contribution < 1.29 is 14.4 Å². The molecule has 0 aromatic carbocycles. The van der Waals surface area contributed by atoms with Gasteiger partial charge in [0.25, 0.3) is 0 Å². The lowest BCUT2D eigenvalue weighted by molar-refractivity contribution is -0.0276. The van der Waals surface area contributed by atoms with Crippen LogP contribution < -0.4 is 0 Å². The smallest absolute Gasteiger partial charge is 0.430 e. The van der Waals surface area contributed by atoms with Crippen LogP contribution in [-0.4, -0.2) is 32.0 Å². The second-order valence-electron chi connectivity index (χ2n) is 4.76. The van der Waals surface area contributed by atoms with E-state index in [1.165, 1.54) is 0 Å². The van der Waals surface area contributed by atoms with Crippen molar-refractivity contribution in [1.29, 1.82) is 0 Å². The van der Waals surface area contributed by atoms with Crippen LogP contribution in [0.3, 0.4) is 0 Å². The van der Waals surface area contributed by atoms with E-state index >= 15 is 0 Å². The maximum atomic E-state index is 8.79. The number of methoxy groups -OCH3 is 1. The Morgan fingerprint density at radius 3 is 2.21 bits per heavy atom. The highest BCUT2D eigenvalue weighted by Gasteiger charge is 2.36. The van der Waals surface area contributed by atoms with E-state index in [2.05, 4.69) is 13.8 Å². The summed E-state index contributed by atoms with van der Waals surface area (Å²) in [6, 6.07) is 0. The zero-order valence-corrected chi connectivity index (χ0v) is 10.1. The van der Waals surface area contributed by atoms with Gasteiger partial charge in [-0.05, 0) is 32.1 Å². The van der Waals surface area contributed by atoms with Crippen LogP contribution in [0, 0.1) is 5.41 Å². The average Bonchev–Trinajstić information content (AvgIpc) is 2.04. The van der Waals surface area contributed by atoms with Crippen LogP contribution >= 0.6 is 0 Å². The summed E-state index contributed by atoms with van der Waals surface area (Å²) in [4.78, 5) is 0. The van der Waals surface area contributed by atoms with Crippen LogP contribution in [0.15, 0.2) is 0 Å². The topological polar surface area (TPSA) is 38.7 Å². The van der Waals surface area contributed by atoms with Crippen molar-refractivity contribution in [2.45, 2.75) is 46.1 Å². The molecule has 0 bridgehead atoms. The predicted molar refractivity (Wildman–Crippen MR) is 59.4 cm³/mol. The van der Waals surface area contributed by atoms with Crippen molar-refractivity contribution in [2.24, 2.45) is 5.41 Å². The van der Waals surface area contributed by atoms with Crippen LogP contribution in [0.4, 0.5) is 0 Å². The maximum Gasteiger partial charge on any atom is 0.435 e. The molecule has 0 rings (SSSR count). The third-order valence-corrected chi connectivity index (χ3v) is 3.21. The lowest BCUT2D eigenvalue weighted by Crippen LogP contribution is -2.42. The fourth-order valence-corrected chi connectivity index (χ4v) is 1.32. The summed E-state index contributed by atoms with van der Waals surface area (Å²) in [7, 11) is 1.49. The second kappa shape index (κ2) is 5.74. The van der Waals surface area contributed by atoms with E-state index in [0.717, 1.165) is 19.4 Å². The van der Waals surface area contributed by atoms with Crippen molar-refractivity contribution in [2.75, 3.05) is 13.7 Å². The zero-order valence-electron chi connectivity index (χ0n) is 10.1. The molecule has 0 unspecified atom stereocenters. The minimum atomic E-state index is -0.310. The molecule has 0 aliphatic rings. The first-order chi connectivity index (χ1) is 6.37. The van der Waals surface area contributed by atoms with Gasteiger partial charge in [-0.2, -0.15) is 0 Å². The van der Waals surface area contributed by atoms with Gasteiger partial charge in [0.05, 0.1) is 5.60 Å². The average molecular weight is 202 g/mol. The maximum absolute atomic E-state index is 8.79. The molecular formula is C10H23BO3. The Labute approximate surface area is 88.1 Å². The second-order valence-corrected chi connectivity index (χ2v) is 4.76. The monoisotopic (exact) mass is 202 g/mol. The Hall–Kier alpha value is -0.0551. The summed E-state index contributed by atoms with van der Waals surface area (Å²) in [5, 5.41) is 8.79. The molecule has 3 nitrogen and oxygen atoms in total. The molecule has 0 fully saturated rings. The highest BCUT2D eigenvalue weighted by molar-refractivity contribution is 6.16. The van der Waals surface area contributed by atoms with Crippen LogP contribution in [0.5, 0.6) is 0 Å². The third-order valence-electron chi connectivity index (χ3n) is 3.21. The van der Waals surface area contributed by atoms with E-state index in [4.69, 9.17) is 14.4 Å². The van der Waals surface area contributed by atoms with Crippen LogP contribution in [0.25, 0.3) is 0 Å². The number of hydrogen-bond donors (Lipinski definition) is 1. The van der Waals surface area contributed by atoms with Gasteiger partial charge in [0.2, 0.25) is 0 Å². The van der Waals surface area contributed by atoms with Gasteiger partial charge in [0.15, 0.2) is 0 Å². The lowest BCUT2D eigenvalue weighted by atomic mass is 9.73. The molecule has 4 heteroatoms. The van der Waals surface area contributed by atoms with Gasteiger partial charge in [0.1, 0.15) is 0 Å². The van der Waals surface area contributed by atoms with Gasteiger partial charge in [-0.3, -0.25) is 0 Å². The van der Waals surface area contributed by atoms with E-state index in [9.17, 15) is 0 Å². The van der Waals surface area contributed by atoms with Crippen LogP contribution in [-0.2, 0) is 9.39 Å². The van der Waals surface area contributed by atoms with E-state index in [1.807, 2.05) is 13.8 Å². The summed E-state index contributed by atoms with van der Waals surface area (Å²) in [6.07, 6.45) is 2.04. The summed E-state index contributed by atoms with van der Waals surface area (Å²) >= 11 is 0.